The Morgan fingerprint density at radius 2 is 1.56 bits per heavy atom. The highest BCUT2D eigenvalue weighted by Crippen LogP contribution is 2.17. The maximum atomic E-state index is 4.68. The zero-order valence-corrected chi connectivity index (χ0v) is 15.4. The second-order valence-corrected chi connectivity index (χ2v) is 6.60. The number of benzene rings is 1. The fourth-order valence-corrected chi connectivity index (χ4v) is 3.09. The highest BCUT2D eigenvalue weighted by Gasteiger charge is 2.20. The Morgan fingerprint density at radius 3 is 2.30 bits per heavy atom. The van der Waals surface area contributed by atoms with Gasteiger partial charge in [0.15, 0.2) is 0 Å². The molecule has 1 fully saturated rings. The molecule has 138 valence electrons. The molecule has 0 bridgehead atoms. The first-order valence-electron chi connectivity index (χ1n) is 9.17. The van der Waals surface area contributed by atoms with Crippen LogP contribution in [0.25, 0.3) is 0 Å². The van der Waals surface area contributed by atoms with E-state index in [1.165, 1.54) is 11.1 Å². The normalized spacial score (nSPS) is 14.3. The minimum atomic E-state index is 0.655. The molecule has 0 atom stereocenters. The number of hydrogen-bond acceptors (Lipinski definition) is 7. The van der Waals surface area contributed by atoms with Gasteiger partial charge in [0.05, 0.1) is 0 Å². The van der Waals surface area contributed by atoms with Gasteiger partial charge in [-0.25, -0.2) is 15.0 Å². The highest BCUT2D eigenvalue weighted by molar-refractivity contribution is 5.45. The zero-order valence-electron chi connectivity index (χ0n) is 15.4. The Labute approximate surface area is 159 Å². The van der Waals surface area contributed by atoms with E-state index in [4.69, 9.17) is 0 Å². The largest absolute Gasteiger partial charge is 0.353 e. The summed E-state index contributed by atoms with van der Waals surface area (Å²) in [6.07, 6.45) is 5.38. The molecule has 2 aromatic heterocycles. The zero-order chi connectivity index (χ0) is 18.5. The molecule has 1 saturated heterocycles. The number of piperazine rings is 1. The summed E-state index contributed by atoms with van der Waals surface area (Å²) in [6.45, 7) is 6.32. The summed E-state index contributed by atoms with van der Waals surface area (Å²) < 4.78 is 0. The van der Waals surface area contributed by atoms with Gasteiger partial charge in [-0.05, 0) is 24.6 Å². The Balaban J connectivity index is 1.36. The van der Waals surface area contributed by atoms with Crippen LogP contribution in [0.5, 0.6) is 0 Å². The van der Waals surface area contributed by atoms with Crippen LogP contribution in [-0.2, 0) is 6.54 Å². The number of anilines is 3. The van der Waals surface area contributed by atoms with Crippen molar-refractivity contribution >= 4 is 17.7 Å². The van der Waals surface area contributed by atoms with Crippen molar-refractivity contribution in [3.63, 3.8) is 0 Å². The monoisotopic (exact) mass is 361 g/mol. The highest BCUT2D eigenvalue weighted by atomic mass is 15.3. The molecule has 0 spiro atoms. The van der Waals surface area contributed by atoms with Crippen molar-refractivity contribution in [2.45, 2.75) is 13.5 Å². The van der Waals surface area contributed by atoms with Crippen molar-refractivity contribution < 1.29 is 0 Å². The van der Waals surface area contributed by atoms with Gasteiger partial charge < -0.3 is 15.1 Å². The minimum Gasteiger partial charge on any atom is -0.353 e. The molecule has 1 N–H and O–H groups in total. The Bertz CT molecular complexity index is 859. The van der Waals surface area contributed by atoms with E-state index in [9.17, 15) is 0 Å². The molecule has 0 amide bonds. The molecule has 0 saturated carbocycles. The average Bonchev–Trinajstić information content (AvgIpc) is 2.74. The molecule has 3 heterocycles. The summed E-state index contributed by atoms with van der Waals surface area (Å²) in [5, 5.41) is 3.32. The Kier molecular flexibility index (Phi) is 5.09. The molecule has 0 unspecified atom stereocenters. The van der Waals surface area contributed by atoms with E-state index in [1.807, 2.05) is 18.3 Å². The maximum Gasteiger partial charge on any atom is 0.225 e. The van der Waals surface area contributed by atoms with Crippen LogP contribution in [0, 0.1) is 6.92 Å². The van der Waals surface area contributed by atoms with Crippen LogP contribution in [0.1, 0.15) is 11.1 Å². The molecular weight excluding hydrogens is 338 g/mol. The Morgan fingerprint density at radius 1 is 0.852 bits per heavy atom. The van der Waals surface area contributed by atoms with Gasteiger partial charge in [0.1, 0.15) is 5.82 Å². The van der Waals surface area contributed by atoms with E-state index in [2.05, 4.69) is 66.2 Å². The van der Waals surface area contributed by atoms with E-state index in [1.54, 1.807) is 12.4 Å². The van der Waals surface area contributed by atoms with E-state index in [-0.39, 0.29) is 0 Å². The lowest BCUT2D eigenvalue weighted by atomic mass is 10.1. The lowest BCUT2D eigenvalue weighted by Crippen LogP contribution is -2.47. The van der Waals surface area contributed by atoms with Crippen LogP contribution in [0.4, 0.5) is 17.7 Å². The molecule has 0 radical (unpaired) electrons. The molecule has 1 aromatic carbocycles. The molecule has 1 aliphatic rings. The molecule has 1 aliphatic heterocycles. The van der Waals surface area contributed by atoms with Crippen LogP contribution in [0.3, 0.4) is 0 Å². The lowest BCUT2D eigenvalue weighted by Gasteiger charge is -2.35. The summed E-state index contributed by atoms with van der Waals surface area (Å²) >= 11 is 0. The van der Waals surface area contributed by atoms with Crippen molar-refractivity contribution in [1.29, 1.82) is 0 Å². The SMILES string of the molecule is Cc1ccc(CNc2nccc(N3CCN(c4ncccn4)CC3)n2)cc1. The number of aryl methyl sites for hydroxylation is 1. The first kappa shape index (κ1) is 17.2. The summed E-state index contributed by atoms with van der Waals surface area (Å²) in [5.41, 5.74) is 2.48. The van der Waals surface area contributed by atoms with E-state index >= 15 is 0 Å². The molecule has 7 heteroatoms. The predicted octanol–water partition coefficient (Wildman–Crippen LogP) is 2.51. The van der Waals surface area contributed by atoms with Crippen LogP contribution < -0.4 is 15.1 Å². The molecule has 27 heavy (non-hydrogen) atoms. The van der Waals surface area contributed by atoms with Crippen molar-refractivity contribution in [2.75, 3.05) is 41.3 Å². The minimum absolute atomic E-state index is 0.655. The first-order valence-corrected chi connectivity index (χ1v) is 9.17. The van der Waals surface area contributed by atoms with E-state index < -0.39 is 0 Å². The maximum absolute atomic E-state index is 4.68. The molecule has 4 rings (SSSR count). The second-order valence-electron chi connectivity index (χ2n) is 6.60. The summed E-state index contributed by atoms with van der Waals surface area (Å²) in [6, 6.07) is 12.3. The van der Waals surface area contributed by atoms with E-state index in [0.29, 0.717) is 12.5 Å². The third-order valence-corrected chi connectivity index (χ3v) is 4.65. The predicted molar refractivity (Wildman–Crippen MR) is 107 cm³/mol. The standard InChI is InChI=1S/C20H23N7/c1-16-3-5-17(6-4-16)15-24-19-21-10-7-18(25-19)26-11-13-27(14-12-26)20-22-8-2-9-23-20/h2-10H,11-15H2,1H3,(H,21,24,25). The van der Waals surface area contributed by atoms with Crippen molar-refractivity contribution in [3.05, 3.63) is 66.1 Å². The van der Waals surface area contributed by atoms with Crippen molar-refractivity contribution in [3.8, 4) is 0 Å². The molecule has 0 aliphatic carbocycles. The van der Waals surface area contributed by atoms with Gasteiger partial charge in [-0.2, -0.15) is 4.98 Å². The van der Waals surface area contributed by atoms with Crippen LogP contribution in [-0.4, -0.2) is 46.1 Å². The molecule has 3 aromatic rings. The van der Waals surface area contributed by atoms with Gasteiger partial charge in [0.2, 0.25) is 11.9 Å². The average molecular weight is 361 g/mol. The number of hydrogen-bond donors (Lipinski definition) is 1. The lowest BCUT2D eigenvalue weighted by molar-refractivity contribution is 0.634. The molecule has 7 nitrogen and oxygen atoms in total. The van der Waals surface area contributed by atoms with Gasteiger partial charge in [0, 0.05) is 51.3 Å². The van der Waals surface area contributed by atoms with E-state index in [0.717, 1.165) is 37.9 Å². The second kappa shape index (κ2) is 7.99. The fourth-order valence-electron chi connectivity index (χ4n) is 3.09. The summed E-state index contributed by atoms with van der Waals surface area (Å²) in [5.74, 6) is 2.40. The quantitative estimate of drug-likeness (QED) is 0.749. The molecular formula is C20H23N7. The Hall–Kier alpha value is -3.22. The first-order chi connectivity index (χ1) is 13.3. The van der Waals surface area contributed by atoms with Crippen LogP contribution in [0.2, 0.25) is 0 Å². The van der Waals surface area contributed by atoms with Crippen LogP contribution in [0.15, 0.2) is 55.0 Å². The van der Waals surface area contributed by atoms with Crippen LogP contribution >= 0.6 is 0 Å². The van der Waals surface area contributed by atoms with Crippen molar-refractivity contribution in [2.24, 2.45) is 0 Å². The number of rotatable bonds is 5. The summed E-state index contributed by atoms with van der Waals surface area (Å²) in [4.78, 5) is 22.2. The number of aromatic nitrogens is 4. The summed E-state index contributed by atoms with van der Waals surface area (Å²) in [7, 11) is 0. The third-order valence-electron chi connectivity index (χ3n) is 4.65. The number of nitrogens with one attached hydrogen (secondary N) is 1. The smallest absolute Gasteiger partial charge is 0.225 e. The third kappa shape index (κ3) is 4.31. The van der Waals surface area contributed by atoms with Crippen molar-refractivity contribution in [1.82, 2.24) is 19.9 Å². The van der Waals surface area contributed by atoms with Gasteiger partial charge in [-0.1, -0.05) is 29.8 Å². The van der Waals surface area contributed by atoms with Gasteiger partial charge in [0.25, 0.3) is 0 Å². The van der Waals surface area contributed by atoms with Gasteiger partial charge in [-0.15, -0.1) is 0 Å². The fraction of sp³-hybridized carbons (Fsp3) is 0.300. The topological polar surface area (TPSA) is 70.1 Å². The van der Waals surface area contributed by atoms with Gasteiger partial charge >= 0.3 is 0 Å². The number of nitrogens with zero attached hydrogens (tertiary/aromatic N) is 6. The van der Waals surface area contributed by atoms with Gasteiger partial charge in [-0.3, -0.25) is 0 Å².